The summed E-state index contributed by atoms with van der Waals surface area (Å²) < 4.78 is 18.9. The predicted octanol–water partition coefficient (Wildman–Crippen LogP) is 3.46. The summed E-state index contributed by atoms with van der Waals surface area (Å²) in [6, 6.07) is 5.52. The van der Waals surface area contributed by atoms with E-state index in [9.17, 15) is 4.39 Å². The minimum atomic E-state index is -0.141. The van der Waals surface area contributed by atoms with Gasteiger partial charge in [-0.15, -0.1) is 0 Å². The molecule has 1 aromatic carbocycles. The van der Waals surface area contributed by atoms with Crippen molar-refractivity contribution in [1.82, 2.24) is 5.32 Å². The van der Waals surface area contributed by atoms with E-state index in [2.05, 4.69) is 19.2 Å². The van der Waals surface area contributed by atoms with Gasteiger partial charge in [-0.2, -0.15) is 0 Å². The highest BCUT2D eigenvalue weighted by molar-refractivity contribution is 5.25. The average molecular weight is 253 g/mol. The maximum absolute atomic E-state index is 13.4. The van der Waals surface area contributed by atoms with E-state index in [0.717, 1.165) is 18.7 Å². The lowest BCUT2D eigenvalue weighted by atomic mass is 10.1. The highest BCUT2D eigenvalue weighted by Gasteiger charge is 2.06. The molecule has 102 valence electrons. The van der Waals surface area contributed by atoms with Crippen molar-refractivity contribution in [3.8, 4) is 0 Å². The molecule has 0 saturated heterocycles. The molecule has 1 unspecified atom stereocenters. The number of hydrogen-bond donors (Lipinski definition) is 1. The van der Waals surface area contributed by atoms with Gasteiger partial charge < -0.3 is 10.1 Å². The highest BCUT2D eigenvalue weighted by atomic mass is 19.1. The summed E-state index contributed by atoms with van der Waals surface area (Å²) in [4.78, 5) is 0. The van der Waals surface area contributed by atoms with Gasteiger partial charge in [-0.3, -0.25) is 0 Å². The van der Waals surface area contributed by atoms with E-state index in [1.165, 1.54) is 0 Å². The zero-order chi connectivity index (χ0) is 13.5. The quantitative estimate of drug-likeness (QED) is 0.751. The van der Waals surface area contributed by atoms with Gasteiger partial charge in [0.25, 0.3) is 0 Å². The fourth-order valence-corrected chi connectivity index (χ4v) is 1.66. The third kappa shape index (κ3) is 5.15. The van der Waals surface area contributed by atoms with Gasteiger partial charge >= 0.3 is 0 Å². The van der Waals surface area contributed by atoms with Crippen LogP contribution in [-0.4, -0.2) is 19.8 Å². The lowest BCUT2D eigenvalue weighted by molar-refractivity contribution is 0.110. The first kappa shape index (κ1) is 15.1. The normalized spacial score (nSPS) is 13.0. The van der Waals surface area contributed by atoms with Gasteiger partial charge in [0.05, 0.1) is 6.61 Å². The molecule has 18 heavy (non-hydrogen) atoms. The van der Waals surface area contributed by atoms with Crippen molar-refractivity contribution in [2.24, 2.45) is 5.92 Å². The molecule has 0 radical (unpaired) electrons. The number of aryl methyl sites for hydroxylation is 1. The Bertz CT molecular complexity index is 366. The van der Waals surface area contributed by atoms with Crippen LogP contribution in [-0.2, 0) is 4.74 Å². The van der Waals surface area contributed by atoms with E-state index in [-0.39, 0.29) is 11.9 Å². The van der Waals surface area contributed by atoms with E-state index in [4.69, 9.17) is 4.74 Å². The van der Waals surface area contributed by atoms with Gasteiger partial charge in [0, 0.05) is 19.2 Å². The minimum Gasteiger partial charge on any atom is -0.380 e. The molecule has 0 aliphatic heterocycles. The second-order valence-corrected chi connectivity index (χ2v) is 5.15. The highest BCUT2D eigenvalue weighted by Crippen LogP contribution is 2.15. The van der Waals surface area contributed by atoms with Crippen LogP contribution >= 0.6 is 0 Å². The van der Waals surface area contributed by atoms with Crippen LogP contribution in [0.4, 0.5) is 4.39 Å². The van der Waals surface area contributed by atoms with Crippen LogP contribution in [0.2, 0.25) is 0 Å². The fraction of sp³-hybridized carbons (Fsp3) is 0.600. The lowest BCUT2D eigenvalue weighted by Crippen LogP contribution is -2.24. The van der Waals surface area contributed by atoms with E-state index in [1.807, 2.05) is 19.1 Å². The Morgan fingerprint density at radius 3 is 2.61 bits per heavy atom. The van der Waals surface area contributed by atoms with Crippen LogP contribution in [0.25, 0.3) is 0 Å². The Morgan fingerprint density at radius 1 is 1.28 bits per heavy atom. The van der Waals surface area contributed by atoms with Crippen LogP contribution in [0.1, 0.15) is 37.9 Å². The smallest absolute Gasteiger partial charge is 0.126 e. The Labute approximate surface area is 110 Å². The van der Waals surface area contributed by atoms with Crippen LogP contribution in [0, 0.1) is 18.7 Å². The summed E-state index contributed by atoms with van der Waals surface area (Å²) in [7, 11) is 0. The van der Waals surface area contributed by atoms with Crippen molar-refractivity contribution in [1.29, 1.82) is 0 Å². The molecule has 0 saturated carbocycles. The summed E-state index contributed by atoms with van der Waals surface area (Å²) in [5, 5.41) is 3.33. The minimum absolute atomic E-state index is 0.141. The Hall–Kier alpha value is -0.930. The number of nitrogens with one attached hydrogen (secondary N) is 1. The lowest BCUT2D eigenvalue weighted by Gasteiger charge is -2.15. The molecule has 1 atom stereocenters. The van der Waals surface area contributed by atoms with Crippen LogP contribution < -0.4 is 5.32 Å². The second-order valence-electron chi connectivity index (χ2n) is 5.15. The van der Waals surface area contributed by atoms with Gasteiger partial charge in [0.2, 0.25) is 0 Å². The summed E-state index contributed by atoms with van der Waals surface area (Å²) in [5.74, 6) is 0.422. The average Bonchev–Trinajstić information content (AvgIpc) is 2.31. The summed E-state index contributed by atoms with van der Waals surface area (Å²) in [6.45, 7) is 10.3. The Balaban J connectivity index is 2.31. The molecule has 0 heterocycles. The molecule has 0 spiro atoms. The van der Waals surface area contributed by atoms with Gasteiger partial charge in [-0.25, -0.2) is 4.39 Å². The van der Waals surface area contributed by atoms with Crippen molar-refractivity contribution in [3.05, 3.63) is 35.1 Å². The summed E-state index contributed by atoms with van der Waals surface area (Å²) in [6.07, 6.45) is 0. The van der Waals surface area contributed by atoms with Crippen LogP contribution in [0.15, 0.2) is 18.2 Å². The van der Waals surface area contributed by atoms with E-state index in [0.29, 0.717) is 18.1 Å². The third-order valence-corrected chi connectivity index (χ3v) is 2.84. The van der Waals surface area contributed by atoms with E-state index >= 15 is 0 Å². The maximum Gasteiger partial charge on any atom is 0.126 e. The van der Waals surface area contributed by atoms with Crippen molar-refractivity contribution >= 4 is 0 Å². The largest absolute Gasteiger partial charge is 0.380 e. The second kappa shape index (κ2) is 7.49. The summed E-state index contributed by atoms with van der Waals surface area (Å²) >= 11 is 0. The van der Waals surface area contributed by atoms with Gasteiger partial charge in [-0.1, -0.05) is 26.0 Å². The number of halogens is 1. The number of ether oxygens (including phenoxy) is 1. The van der Waals surface area contributed by atoms with Gasteiger partial charge in [0.15, 0.2) is 0 Å². The maximum atomic E-state index is 13.4. The number of rotatable bonds is 7. The van der Waals surface area contributed by atoms with Gasteiger partial charge in [-0.05, 0) is 37.0 Å². The molecule has 0 amide bonds. The molecule has 1 rings (SSSR count). The van der Waals surface area contributed by atoms with Crippen LogP contribution in [0.3, 0.4) is 0 Å². The molecular formula is C15H24FNO. The van der Waals surface area contributed by atoms with E-state index < -0.39 is 0 Å². The molecule has 0 fully saturated rings. The molecule has 0 aromatic heterocycles. The Morgan fingerprint density at radius 2 is 2.00 bits per heavy atom. The van der Waals surface area contributed by atoms with Crippen molar-refractivity contribution in [3.63, 3.8) is 0 Å². The standard InChI is InChI=1S/C15H24FNO/c1-11(2)10-18-8-7-17-13(4)14-6-5-12(3)15(16)9-14/h5-6,9,11,13,17H,7-8,10H2,1-4H3. The van der Waals surface area contributed by atoms with Crippen molar-refractivity contribution in [2.75, 3.05) is 19.8 Å². The molecular weight excluding hydrogens is 229 g/mol. The van der Waals surface area contributed by atoms with Gasteiger partial charge in [0.1, 0.15) is 5.82 Å². The SMILES string of the molecule is Cc1ccc(C(C)NCCOCC(C)C)cc1F. The fourth-order valence-electron chi connectivity index (χ4n) is 1.66. The first-order valence-corrected chi connectivity index (χ1v) is 6.58. The predicted molar refractivity (Wildman–Crippen MR) is 73.2 cm³/mol. The molecule has 0 aliphatic rings. The first-order chi connectivity index (χ1) is 8.50. The molecule has 3 heteroatoms. The molecule has 1 N–H and O–H groups in total. The summed E-state index contributed by atoms with van der Waals surface area (Å²) in [5.41, 5.74) is 1.66. The van der Waals surface area contributed by atoms with E-state index in [1.54, 1.807) is 13.0 Å². The van der Waals surface area contributed by atoms with Crippen LogP contribution in [0.5, 0.6) is 0 Å². The zero-order valence-corrected chi connectivity index (χ0v) is 11.8. The van der Waals surface area contributed by atoms with Crippen molar-refractivity contribution in [2.45, 2.75) is 33.7 Å². The molecule has 0 aliphatic carbocycles. The number of hydrogen-bond acceptors (Lipinski definition) is 2. The molecule has 0 bridgehead atoms. The third-order valence-electron chi connectivity index (χ3n) is 2.84. The molecule has 2 nitrogen and oxygen atoms in total. The number of benzene rings is 1. The molecule has 1 aromatic rings. The Kier molecular flexibility index (Phi) is 6.30. The topological polar surface area (TPSA) is 21.3 Å². The van der Waals surface area contributed by atoms with Crippen molar-refractivity contribution < 1.29 is 9.13 Å². The monoisotopic (exact) mass is 253 g/mol. The zero-order valence-electron chi connectivity index (χ0n) is 11.8. The first-order valence-electron chi connectivity index (χ1n) is 6.58.